The van der Waals surface area contributed by atoms with E-state index < -0.39 is 0 Å². The average molecular weight is 212 g/mol. The van der Waals surface area contributed by atoms with Gasteiger partial charge in [-0.05, 0) is 35.6 Å². The van der Waals surface area contributed by atoms with Crippen LogP contribution in [0.1, 0.15) is 45.2 Å². The number of rotatable bonds is 2. The molecule has 0 amide bonds. The fraction of sp³-hybridized carbons (Fsp3) is 0.375. The first-order chi connectivity index (χ1) is 7.62. The number of benzene rings is 1. The number of fused-ring (bicyclic) bond motifs is 1. The SMILES string of the molecule is C/C=C\C1=C(CC)c2ccccc2C1(C)C. The maximum Gasteiger partial charge on any atom is 0.0155 e. The Morgan fingerprint density at radius 1 is 1.19 bits per heavy atom. The molecule has 1 aliphatic carbocycles. The second-order valence-electron chi connectivity index (χ2n) is 4.92. The molecule has 84 valence electrons. The lowest BCUT2D eigenvalue weighted by atomic mass is 9.81. The molecule has 0 unspecified atom stereocenters. The van der Waals surface area contributed by atoms with Crippen LogP contribution in [0.2, 0.25) is 0 Å². The summed E-state index contributed by atoms with van der Waals surface area (Å²) >= 11 is 0. The summed E-state index contributed by atoms with van der Waals surface area (Å²) in [4.78, 5) is 0. The van der Waals surface area contributed by atoms with Crippen molar-refractivity contribution in [2.45, 2.75) is 39.5 Å². The molecular formula is C16H20. The molecule has 0 heteroatoms. The smallest absolute Gasteiger partial charge is 0.0155 e. The van der Waals surface area contributed by atoms with Crippen molar-refractivity contribution in [3.05, 3.63) is 53.1 Å². The first-order valence-corrected chi connectivity index (χ1v) is 6.09. The molecule has 0 spiro atoms. The Bertz CT molecular complexity index is 459. The van der Waals surface area contributed by atoms with Crippen LogP contribution in [0.15, 0.2) is 42.0 Å². The van der Waals surface area contributed by atoms with E-state index in [1.165, 1.54) is 22.3 Å². The van der Waals surface area contributed by atoms with E-state index >= 15 is 0 Å². The predicted octanol–water partition coefficient (Wildman–Crippen LogP) is 4.72. The Morgan fingerprint density at radius 3 is 2.50 bits per heavy atom. The van der Waals surface area contributed by atoms with Crippen LogP contribution in [0.25, 0.3) is 5.57 Å². The van der Waals surface area contributed by atoms with Gasteiger partial charge in [-0.1, -0.05) is 57.2 Å². The first kappa shape index (κ1) is 11.2. The fourth-order valence-corrected chi connectivity index (χ4v) is 2.82. The molecule has 0 radical (unpaired) electrons. The van der Waals surface area contributed by atoms with E-state index in [4.69, 9.17) is 0 Å². The Balaban J connectivity index is 2.69. The van der Waals surface area contributed by atoms with Gasteiger partial charge in [0.1, 0.15) is 0 Å². The Labute approximate surface area is 98.7 Å². The van der Waals surface area contributed by atoms with E-state index in [9.17, 15) is 0 Å². The van der Waals surface area contributed by atoms with E-state index in [1.54, 1.807) is 0 Å². The molecule has 0 heterocycles. The van der Waals surface area contributed by atoms with E-state index in [1.807, 2.05) is 0 Å². The molecule has 0 N–H and O–H groups in total. The summed E-state index contributed by atoms with van der Waals surface area (Å²) in [6.45, 7) is 8.99. The standard InChI is InChI=1S/C16H20/c1-5-9-14-12(6-2)13-10-7-8-11-15(13)16(14,3)4/h5,7-11H,6H2,1-4H3/b9-5-. The first-order valence-electron chi connectivity index (χ1n) is 6.09. The van der Waals surface area contributed by atoms with Crippen LogP contribution >= 0.6 is 0 Å². The van der Waals surface area contributed by atoms with Gasteiger partial charge < -0.3 is 0 Å². The summed E-state index contributed by atoms with van der Waals surface area (Å²) in [5, 5.41) is 0. The summed E-state index contributed by atoms with van der Waals surface area (Å²) in [7, 11) is 0. The highest BCUT2D eigenvalue weighted by atomic mass is 14.4. The van der Waals surface area contributed by atoms with Gasteiger partial charge in [-0.2, -0.15) is 0 Å². The van der Waals surface area contributed by atoms with Gasteiger partial charge in [0.25, 0.3) is 0 Å². The van der Waals surface area contributed by atoms with Gasteiger partial charge >= 0.3 is 0 Å². The van der Waals surface area contributed by atoms with Gasteiger partial charge in [0.15, 0.2) is 0 Å². The zero-order valence-electron chi connectivity index (χ0n) is 10.7. The quantitative estimate of drug-likeness (QED) is 0.665. The van der Waals surface area contributed by atoms with Gasteiger partial charge in [0.2, 0.25) is 0 Å². The molecule has 0 atom stereocenters. The molecule has 0 saturated heterocycles. The zero-order valence-corrected chi connectivity index (χ0v) is 10.7. The molecule has 1 aliphatic rings. The third-order valence-corrected chi connectivity index (χ3v) is 3.61. The molecule has 2 rings (SSSR count). The average Bonchev–Trinajstić information content (AvgIpc) is 2.49. The van der Waals surface area contributed by atoms with E-state index in [2.05, 4.69) is 64.1 Å². The predicted molar refractivity (Wildman–Crippen MR) is 71.5 cm³/mol. The lowest BCUT2D eigenvalue weighted by Crippen LogP contribution is -2.15. The van der Waals surface area contributed by atoms with Crippen molar-refractivity contribution < 1.29 is 0 Å². The monoisotopic (exact) mass is 212 g/mol. The maximum atomic E-state index is 2.32. The maximum absolute atomic E-state index is 2.32. The second kappa shape index (κ2) is 3.93. The van der Waals surface area contributed by atoms with Crippen molar-refractivity contribution >= 4 is 5.57 Å². The highest BCUT2D eigenvalue weighted by molar-refractivity contribution is 5.81. The molecule has 0 fully saturated rings. The van der Waals surface area contributed by atoms with Crippen molar-refractivity contribution in [3.63, 3.8) is 0 Å². The minimum atomic E-state index is 0.161. The lowest BCUT2D eigenvalue weighted by molar-refractivity contribution is 0.653. The Hall–Kier alpha value is -1.30. The van der Waals surface area contributed by atoms with Crippen LogP contribution in [-0.2, 0) is 5.41 Å². The third-order valence-electron chi connectivity index (χ3n) is 3.61. The molecule has 0 nitrogen and oxygen atoms in total. The number of hydrogen-bond acceptors (Lipinski definition) is 0. The van der Waals surface area contributed by atoms with Gasteiger partial charge in [0.05, 0.1) is 0 Å². The fourth-order valence-electron chi connectivity index (χ4n) is 2.82. The summed E-state index contributed by atoms with van der Waals surface area (Å²) in [6.07, 6.45) is 5.54. The van der Waals surface area contributed by atoms with Crippen molar-refractivity contribution in [1.29, 1.82) is 0 Å². The normalized spacial score (nSPS) is 18.2. The topological polar surface area (TPSA) is 0 Å². The largest absolute Gasteiger partial charge is 0.0873 e. The molecule has 0 aromatic heterocycles. The Kier molecular flexibility index (Phi) is 2.75. The lowest BCUT2D eigenvalue weighted by Gasteiger charge is -2.22. The van der Waals surface area contributed by atoms with Crippen LogP contribution in [0.4, 0.5) is 0 Å². The summed E-state index contributed by atoms with van der Waals surface area (Å²) < 4.78 is 0. The third kappa shape index (κ3) is 1.44. The highest BCUT2D eigenvalue weighted by Gasteiger charge is 2.34. The van der Waals surface area contributed by atoms with Gasteiger partial charge in [-0.15, -0.1) is 0 Å². The number of allylic oxidation sites excluding steroid dienone is 4. The Morgan fingerprint density at radius 2 is 1.88 bits per heavy atom. The van der Waals surface area contributed by atoms with Gasteiger partial charge in [-0.3, -0.25) is 0 Å². The van der Waals surface area contributed by atoms with Crippen molar-refractivity contribution in [2.75, 3.05) is 0 Å². The molecule has 1 aromatic carbocycles. The molecule has 0 bridgehead atoms. The minimum absolute atomic E-state index is 0.161. The molecular weight excluding hydrogens is 192 g/mol. The van der Waals surface area contributed by atoms with Crippen LogP contribution < -0.4 is 0 Å². The molecule has 0 aliphatic heterocycles. The van der Waals surface area contributed by atoms with E-state index in [0.29, 0.717) is 0 Å². The van der Waals surface area contributed by atoms with Gasteiger partial charge in [-0.25, -0.2) is 0 Å². The van der Waals surface area contributed by atoms with Crippen molar-refractivity contribution in [2.24, 2.45) is 0 Å². The van der Waals surface area contributed by atoms with Crippen LogP contribution in [0, 0.1) is 0 Å². The van der Waals surface area contributed by atoms with Crippen molar-refractivity contribution in [1.82, 2.24) is 0 Å². The summed E-state index contributed by atoms with van der Waals surface area (Å²) in [6, 6.07) is 8.81. The summed E-state index contributed by atoms with van der Waals surface area (Å²) in [5.41, 5.74) is 6.08. The van der Waals surface area contributed by atoms with Gasteiger partial charge in [0, 0.05) is 5.41 Å². The second-order valence-corrected chi connectivity index (χ2v) is 4.92. The molecule has 0 saturated carbocycles. The van der Waals surface area contributed by atoms with E-state index in [0.717, 1.165) is 6.42 Å². The minimum Gasteiger partial charge on any atom is -0.0873 e. The van der Waals surface area contributed by atoms with Crippen LogP contribution in [-0.4, -0.2) is 0 Å². The summed E-state index contributed by atoms with van der Waals surface area (Å²) in [5.74, 6) is 0. The van der Waals surface area contributed by atoms with E-state index in [-0.39, 0.29) is 5.41 Å². The molecule has 1 aromatic rings. The van der Waals surface area contributed by atoms with Crippen molar-refractivity contribution in [3.8, 4) is 0 Å². The number of hydrogen-bond donors (Lipinski definition) is 0. The molecule has 16 heavy (non-hydrogen) atoms. The zero-order chi connectivity index (χ0) is 11.8. The highest BCUT2D eigenvalue weighted by Crippen LogP contribution is 2.47. The van der Waals surface area contributed by atoms with Crippen LogP contribution in [0.3, 0.4) is 0 Å². The van der Waals surface area contributed by atoms with Crippen LogP contribution in [0.5, 0.6) is 0 Å².